The van der Waals surface area contributed by atoms with Crippen LogP contribution in [0.3, 0.4) is 0 Å². The van der Waals surface area contributed by atoms with Gasteiger partial charge in [0.15, 0.2) is 17.1 Å². The summed E-state index contributed by atoms with van der Waals surface area (Å²) in [6, 6.07) is 8.90. The third kappa shape index (κ3) is 3.87. The van der Waals surface area contributed by atoms with E-state index in [1.54, 1.807) is 35.5 Å². The molecule has 0 bridgehead atoms. The van der Waals surface area contributed by atoms with Crippen LogP contribution in [0, 0.1) is 5.92 Å². The highest BCUT2D eigenvalue weighted by Gasteiger charge is 2.31. The van der Waals surface area contributed by atoms with Gasteiger partial charge in [0, 0.05) is 55.5 Å². The zero-order valence-electron chi connectivity index (χ0n) is 15.9. The Balaban J connectivity index is 1.52. The SMILES string of the molecule is CC(F)(F)c1cccc(C(=O)[C@@H]2CCCN(C(=O)c3cc4ncccn4n3)C2)c1. The number of nitrogens with zero attached hydrogens (tertiary/aromatic N) is 4. The van der Waals surface area contributed by atoms with Crippen LogP contribution in [0.25, 0.3) is 5.65 Å². The van der Waals surface area contributed by atoms with E-state index in [4.69, 9.17) is 0 Å². The molecule has 1 atom stereocenters. The highest BCUT2D eigenvalue weighted by atomic mass is 19.3. The first-order chi connectivity index (χ1) is 13.8. The third-order valence-corrected chi connectivity index (χ3v) is 5.19. The minimum atomic E-state index is -3.01. The van der Waals surface area contributed by atoms with E-state index in [0.29, 0.717) is 25.0 Å². The molecule has 6 nitrogen and oxygen atoms in total. The first kappa shape index (κ1) is 19.2. The Morgan fingerprint density at radius 1 is 1.21 bits per heavy atom. The largest absolute Gasteiger partial charge is 0.337 e. The number of halogens is 2. The fraction of sp³-hybridized carbons (Fsp3) is 0.333. The van der Waals surface area contributed by atoms with E-state index in [0.717, 1.165) is 6.92 Å². The average molecular weight is 398 g/mol. The molecule has 1 aliphatic rings. The quantitative estimate of drug-likeness (QED) is 0.630. The standard InChI is InChI=1S/C21H20F2N4O2/c1-21(22,23)16-7-2-5-14(11-16)19(28)15-6-3-9-26(13-15)20(29)17-12-18-24-8-4-10-27(18)25-17/h2,4-5,7-8,10-12,15H,3,6,9,13H2,1H3/t15-/m1/s1. The van der Waals surface area contributed by atoms with E-state index < -0.39 is 11.8 Å². The number of fused-ring (bicyclic) bond motifs is 1. The fourth-order valence-electron chi connectivity index (χ4n) is 3.65. The summed E-state index contributed by atoms with van der Waals surface area (Å²) in [6.45, 7) is 1.57. The monoisotopic (exact) mass is 398 g/mol. The smallest absolute Gasteiger partial charge is 0.274 e. The van der Waals surface area contributed by atoms with E-state index in [2.05, 4.69) is 10.1 Å². The molecule has 3 aromatic rings. The molecule has 1 fully saturated rings. The number of alkyl halides is 2. The minimum Gasteiger partial charge on any atom is -0.337 e. The van der Waals surface area contributed by atoms with Crippen molar-refractivity contribution in [3.05, 3.63) is 65.6 Å². The Morgan fingerprint density at radius 2 is 2.03 bits per heavy atom. The van der Waals surface area contributed by atoms with Gasteiger partial charge >= 0.3 is 0 Å². The van der Waals surface area contributed by atoms with Crippen LogP contribution in [0.4, 0.5) is 8.78 Å². The highest BCUT2D eigenvalue weighted by Crippen LogP contribution is 2.29. The van der Waals surface area contributed by atoms with Gasteiger partial charge in [-0.1, -0.05) is 18.2 Å². The van der Waals surface area contributed by atoms with Crippen molar-refractivity contribution in [3.8, 4) is 0 Å². The second-order valence-corrected chi connectivity index (χ2v) is 7.38. The van der Waals surface area contributed by atoms with Crippen LogP contribution < -0.4 is 0 Å². The minimum absolute atomic E-state index is 0.190. The van der Waals surface area contributed by atoms with Crippen LogP contribution in [0.15, 0.2) is 48.8 Å². The molecule has 0 unspecified atom stereocenters. The fourth-order valence-corrected chi connectivity index (χ4v) is 3.65. The Hall–Kier alpha value is -3.16. The van der Waals surface area contributed by atoms with Crippen molar-refractivity contribution in [2.45, 2.75) is 25.7 Å². The van der Waals surface area contributed by atoms with Crippen molar-refractivity contribution >= 4 is 17.3 Å². The van der Waals surface area contributed by atoms with Crippen molar-refractivity contribution in [2.75, 3.05) is 13.1 Å². The number of hydrogen-bond acceptors (Lipinski definition) is 4. The van der Waals surface area contributed by atoms with Gasteiger partial charge in [0.1, 0.15) is 0 Å². The summed E-state index contributed by atoms with van der Waals surface area (Å²) >= 11 is 0. The molecule has 0 N–H and O–H groups in total. The van der Waals surface area contributed by atoms with Gasteiger partial charge in [-0.15, -0.1) is 0 Å². The maximum absolute atomic E-state index is 13.6. The van der Waals surface area contributed by atoms with E-state index in [-0.39, 0.29) is 35.1 Å². The molecule has 150 valence electrons. The van der Waals surface area contributed by atoms with E-state index in [1.807, 2.05) is 0 Å². The number of likely N-dealkylation sites (tertiary alicyclic amines) is 1. The second-order valence-electron chi connectivity index (χ2n) is 7.38. The summed E-state index contributed by atoms with van der Waals surface area (Å²) in [4.78, 5) is 31.5. The Kier molecular flexibility index (Phi) is 4.86. The number of hydrogen-bond donors (Lipinski definition) is 0. The molecule has 0 saturated carbocycles. The maximum atomic E-state index is 13.6. The number of amides is 1. The van der Waals surface area contributed by atoms with E-state index >= 15 is 0 Å². The number of benzene rings is 1. The van der Waals surface area contributed by atoms with E-state index in [9.17, 15) is 18.4 Å². The number of carbonyl (C=O) groups excluding carboxylic acids is 2. The number of rotatable bonds is 4. The van der Waals surface area contributed by atoms with E-state index in [1.165, 1.54) is 22.7 Å². The molecule has 0 aliphatic carbocycles. The normalized spacial score (nSPS) is 17.5. The molecule has 4 rings (SSSR count). The average Bonchev–Trinajstić information content (AvgIpc) is 3.16. The predicted molar refractivity (Wildman–Crippen MR) is 102 cm³/mol. The van der Waals surface area contributed by atoms with Crippen molar-refractivity contribution < 1.29 is 18.4 Å². The molecule has 1 aromatic carbocycles. The number of ketones is 1. The maximum Gasteiger partial charge on any atom is 0.274 e. The number of piperidine rings is 1. The lowest BCUT2D eigenvalue weighted by Gasteiger charge is -2.31. The van der Waals surface area contributed by atoms with Gasteiger partial charge in [0.05, 0.1) is 0 Å². The molecule has 0 radical (unpaired) electrons. The summed E-state index contributed by atoms with van der Waals surface area (Å²) in [5.41, 5.74) is 0.895. The van der Waals surface area contributed by atoms with Crippen LogP contribution in [0.5, 0.6) is 0 Å². The highest BCUT2D eigenvalue weighted by molar-refractivity contribution is 5.99. The molecular formula is C21H20F2N4O2. The second kappa shape index (κ2) is 7.35. The van der Waals surface area contributed by atoms with Crippen LogP contribution in [-0.2, 0) is 5.92 Å². The zero-order chi connectivity index (χ0) is 20.6. The summed E-state index contributed by atoms with van der Waals surface area (Å²) in [6.07, 6.45) is 4.60. The lowest BCUT2D eigenvalue weighted by molar-refractivity contribution is 0.0174. The molecule has 1 saturated heterocycles. The molecule has 8 heteroatoms. The first-order valence-electron chi connectivity index (χ1n) is 9.45. The van der Waals surface area contributed by atoms with Crippen molar-refractivity contribution in [3.63, 3.8) is 0 Å². The summed E-state index contributed by atoms with van der Waals surface area (Å²) in [5, 5.41) is 4.25. The summed E-state index contributed by atoms with van der Waals surface area (Å²) in [5.74, 6) is -3.92. The Bertz CT molecular complexity index is 1040. The lowest BCUT2D eigenvalue weighted by atomic mass is 9.89. The van der Waals surface area contributed by atoms with Gasteiger partial charge in [-0.3, -0.25) is 9.59 Å². The van der Waals surface area contributed by atoms with Gasteiger partial charge < -0.3 is 4.90 Å². The molecular weight excluding hydrogens is 378 g/mol. The van der Waals surface area contributed by atoms with Crippen LogP contribution in [-0.4, -0.2) is 44.3 Å². The molecule has 3 heterocycles. The van der Waals surface area contributed by atoms with Gasteiger partial charge in [0.25, 0.3) is 11.8 Å². The Labute approximate surface area is 166 Å². The molecule has 2 aromatic heterocycles. The molecule has 1 aliphatic heterocycles. The van der Waals surface area contributed by atoms with Crippen LogP contribution in [0.1, 0.15) is 46.2 Å². The van der Waals surface area contributed by atoms with Gasteiger partial charge in [-0.05, 0) is 25.0 Å². The molecule has 1 amide bonds. The predicted octanol–water partition coefficient (Wildman–Crippen LogP) is 3.58. The van der Waals surface area contributed by atoms with Gasteiger partial charge in [0.2, 0.25) is 0 Å². The zero-order valence-corrected chi connectivity index (χ0v) is 15.9. The molecule has 0 spiro atoms. The third-order valence-electron chi connectivity index (χ3n) is 5.19. The van der Waals surface area contributed by atoms with Gasteiger partial charge in [-0.25, -0.2) is 18.3 Å². The van der Waals surface area contributed by atoms with Crippen molar-refractivity contribution in [1.82, 2.24) is 19.5 Å². The Morgan fingerprint density at radius 3 is 2.79 bits per heavy atom. The van der Waals surface area contributed by atoms with Crippen LogP contribution in [0.2, 0.25) is 0 Å². The topological polar surface area (TPSA) is 67.6 Å². The molecule has 29 heavy (non-hydrogen) atoms. The van der Waals surface area contributed by atoms with Crippen LogP contribution >= 0.6 is 0 Å². The number of Topliss-reactive ketones (excluding diaryl/α,β-unsaturated/α-hetero) is 1. The van der Waals surface area contributed by atoms with Crippen molar-refractivity contribution in [1.29, 1.82) is 0 Å². The van der Waals surface area contributed by atoms with Crippen molar-refractivity contribution in [2.24, 2.45) is 5.92 Å². The number of carbonyl (C=O) groups is 2. The summed E-state index contributed by atoms with van der Waals surface area (Å²) < 4.78 is 28.7. The number of aromatic nitrogens is 3. The first-order valence-corrected chi connectivity index (χ1v) is 9.45. The van der Waals surface area contributed by atoms with Gasteiger partial charge in [-0.2, -0.15) is 5.10 Å². The summed E-state index contributed by atoms with van der Waals surface area (Å²) in [7, 11) is 0. The lowest BCUT2D eigenvalue weighted by Crippen LogP contribution is -2.42.